The van der Waals surface area contributed by atoms with Gasteiger partial charge in [-0.3, -0.25) is 9.59 Å². The topological polar surface area (TPSA) is 49.4 Å². The van der Waals surface area contributed by atoms with Crippen LogP contribution in [-0.2, 0) is 17.8 Å². The van der Waals surface area contributed by atoms with Crippen LogP contribution in [0.4, 0.5) is 0 Å². The van der Waals surface area contributed by atoms with Crippen LogP contribution < -0.4 is 5.32 Å². The Balaban J connectivity index is 1.65. The first-order chi connectivity index (χ1) is 13.1. The van der Waals surface area contributed by atoms with E-state index in [4.69, 9.17) is 0 Å². The highest BCUT2D eigenvalue weighted by Gasteiger charge is 2.47. The number of carbonyl (C=O) groups is 2. The zero-order chi connectivity index (χ0) is 18.9. The lowest BCUT2D eigenvalue weighted by atomic mass is 9.82. The maximum atomic E-state index is 13.4. The second kappa shape index (κ2) is 7.47. The van der Waals surface area contributed by atoms with E-state index in [9.17, 15) is 9.59 Å². The molecule has 1 N–H and O–H groups in total. The molecule has 1 aromatic heterocycles. The summed E-state index contributed by atoms with van der Waals surface area (Å²) in [7, 11) is 0. The SMILES string of the molecule is C[C@@]1(C(=O)NC2CCCCC2)Cc2ccccc2C(=O)N1Cc1cccs1. The van der Waals surface area contributed by atoms with Crippen LogP contribution >= 0.6 is 11.3 Å². The van der Waals surface area contributed by atoms with E-state index in [2.05, 4.69) is 5.32 Å². The van der Waals surface area contributed by atoms with E-state index in [1.807, 2.05) is 48.7 Å². The molecule has 1 saturated carbocycles. The minimum Gasteiger partial charge on any atom is -0.351 e. The van der Waals surface area contributed by atoms with E-state index in [0.29, 0.717) is 13.0 Å². The number of amides is 2. The molecule has 4 nitrogen and oxygen atoms in total. The van der Waals surface area contributed by atoms with Crippen LogP contribution in [0.15, 0.2) is 41.8 Å². The quantitative estimate of drug-likeness (QED) is 0.863. The molecule has 2 aliphatic rings. The van der Waals surface area contributed by atoms with Gasteiger partial charge in [-0.05, 0) is 42.8 Å². The number of nitrogens with zero attached hydrogens (tertiary/aromatic N) is 1. The number of rotatable bonds is 4. The Morgan fingerprint density at radius 3 is 2.70 bits per heavy atom. The van der Waals surface area contributed by atoms with E-state index in [1.54, 1.807) is 16.2 Å². The van der Waals surface area contributed by atoms with Crippen LogP contribution in [0.25, 0.3) is 0 Å². The molecule has 1 aliphatic carbocycles. The second-order valence-electron chi connectivity index (χ2n) is 7.89. The normalized spacial score (nSPS) is 23.1. The van der Waals surface area contributed by atoms with Crippen LogP contribution in [0.1, 0.15) is 59.8 Å². The fraction of sp³-hybridized carbons (Fsp3) is 0.455. The van der Waals surface area contributed by atoms with Crippen molar-refractivity contribution in [2.75, 3.05) is 0 Å². The van der Waals surface area contributed by atoms with Gasteiger partial charge in [-0.1, -0.05) is 43.5 Å². The molecule has 1 aromatic carbocycles. The summed E-state index contributed by atoms with van der Waals surface area (Å²) in [6.07, 6.45) is 6.22. The van der Waals surface area contributed by atoms with Crippen molar-refractivity contribution in [2.45, 2.75) is 63.6 Å². The molecule has 27 heavy (non-hydrogen) atoms. The van der Waals surface area contributed by atoms with E-state index in [1.165, 1.54) is 19.3 Å². The average Bonchev–Trinajstić information content (AvgIpc) is 3.19. The standard InChI is InChI=1S/C22H26N2O2S/c1-22(21(26)23-17-9-3-2-4-10-17)14-16-8-5-6-12-19(16)20(25)24(22)15-18-11-7-13-27-18/h5-8,11-13,17H,2-4,9-10,14-15H2,1H3,(H,23,26)/t22-/m0/s1. The highest BCUT2D eigenvalue weighted by Crippen LogP contribution is 2.34. The average molecular weight is 383 g/mol. The predicted molar refractivity (Wildman–Crippen MR) is 108 cm³/mol. The minimum atomic E-state index is -0.868. The highest BCUT2D eigenvalue weighted by atomic mass is 32.1. The van der Waals surface area contributed by atoms with Gasteiger partial charge in [-0.25, -0.2) is 0 Å². The minimum absolute atomic E-state index is 0.0196. The lowest BCUT2D eigenvalue weighted by Gasteiger charge is -2.44. The molecule has 1 aliphatic heterocycles. The zero-order valence-corrected chi connectivity index (χ0v) is 16.6. The molecule has 0 bridgehead atoms. The van der Waals surface area contributed by atoms with Crippen LogP contribution in [0, 0.1) is 0 Å². The molecule has 4 rings (SSSR count). The maximum Gasteiger partial charge on any atom is 0.255 e. The molecular weight excluding hydrogens is 356 g/mol. The first-order valence-corrected chi connectivity index (χ1v) is 10.7. The van der Waals surface area contributed by atoms with Crippen molar-refractivity contribution < 1.29 is 9.59 Å². The number of hydrogen-bond donors (Lipinski definition) is 1. The molecular formula is C22H26N2O2S. The van der Waals surface area contributed by atoms with Gasteiger partial charge in [0.2, 0.25) is 5.91 Å². The Labute approximate surface area is 164 Å². The number of hydrogen-bond acceptors (Lipinski definition) is 3. The van der Waals surface area contributed by atoms with Gasteiger partial charge >= 0.3 is 0 Å². The molecule has 1 atom stereocenters. The van der Waals surface area contributed by atoms with Gasteiger partial charge in [-0.15, -0.1) is 11.3 Å². The van der Waals surface area contributed by atoms with E-state index >= 15 is 0 Å². The van der Waals surface area contributed by atoms with E-state index in [0.717, 1.165) is 28.8 Å². The van der Waals surface area contributed by atoms with Crippen LogP contribution in [0.2, 0.25) is 0 Å². The summed E-state index contributed by atoms with van der Waals surface area (Å²) in [4.78, 5) is 29.6. The fourth-order valence-corrected chi connectivity index (χ4v) is 5.01. The number of thiophene rings is 1. The fourth-order valence-electron chi connectivity index (χ4n) is 4.31. The first kappa shape index (κ1) is 18.2. The van der Waals surface area contributed by atoms with E-state index in [-0.39, 0.29) is 17.9 Å². The van der Waals surface area contributed by atoms with Gasteiger partial charge < -0.3 is 10.2 Å². The van der Waals surface area contributed by atoms with Crippen molar-refractivity contribution >= 4 is 23.2 Å². The van der Waals surface area contributed by atoms with Crippen LogP contribution in [0.5, 0.6) is 0 Å². The number of carbonyl (C=O) groups excluding carboxylic acids is 2. The molecule has 5 heteroatoms. The van der Waals surface area contributed by atoms with Crippen LogP contribution in [-0.4, -0.2) is 28.3 Å². The zero-order valence-electron chi connectivity index (χ0n) is 15.7. The molecule has 0 radical (unpaired) electrons. The summed E-state index contributed by atoms with van der Waals surface area (Å²) in [5.74, 6) is -0.0691. The van der Waals surface area contributed by atoms with Crippen LogP contribution in [0.3, 0.4) is 0 Å². The Morgan fingerprint density at radius 2 is 1.96 bits per heavy atom. The summed E-state index contributed by atoms with van der Waals surface area (Å²) in [6, 6.07) is 11.9. The van der Waals surface area contributed by atoms with Gasteiger partial charge in [-0.2, -0.15) is 0 Å². The molecule has 0 spiro atoms. The lowest BCUT2D eigenvalue weighted by molar-refractivity contribution is -0.133. The molecule has 2 heterocycles. The van der Waals surface area contributed by atoms with Gasteiger partial charge in [0.15, 0.2) is 0 Å². The third kappa shape index (κ3) is 3.53. The van der Waals surface area contributed by atoms with Crippen molar-refractivity contribution in [2.24, 2.45) is 0 Å². The summed E-state index contributed by atoms with van der Waals surface area (Å²) < 4.78 is 0. The summed E-state index contributed by atoms with van der Waals surface area (Å²) >= 11 is 1.62. The van der Waals surface area contributed by atoms with Crippen molar-refractivity contribution in [1.29, 1.82) is 0 Å². The highest BCUT2D eigenvalue weighted by molar-refractivity contribution is 7.09. The Morgan fingerprint density at radius 1 is 1.19 bits per heavy atom. The molecule has 2 aromatic rings. The molecule has 142 valence electrons. The van der Waals surface area contributed by atoms with Crippen molar-refractivity contribution in [3.63, 3.8) is 0 Å². The monoisotopic (exact) mass is 382 g/mol. The first-order valence-electron chi connectivity index (χ1n) is 9.81. The third-order valence-corrected chi connectivity index (χ3v) is 6.81. The summed E-state index contributed by atoms with van der Waals surface area (Å²) in [5, 5.41) is 5.27. The smallest absolute Gasteiger partial charge is 0.255 e. The number of fused-ring (bicyclic) bond motifs is 1. The number of nitrogens with one attached hydrogen (secondary N) is 1. The predicted octanol–water partition coefficient (Wildman–Crippen LogP) is 4.15. The Hall–Kier alpha value is -2.14. The molecule has 0 saturated heterocycles. The molecule has 2 amide bonds. The molecule has 0 unspecified atom stereocenters. The maximum absolute atomic E-state index is 13.4. The van der Waals surface area contributed by atoms with Crippen molar-refractivity contribution in [1.82, 2.24) is 10.2 Å². The number of benzene rings is 1. The van der Waals surface area contributed by atoms with Gasteiger partial charge in [0.1, 0.15) is 5.54 Å². The molecule has 1 fully saturated rings. The Kier molecular flexibility index (Phi) is 5.04. The summed E-state index contributed by atoms with van der Waals surface area (Å²) in [5.41, 5.74) is 0.815. The Bertz CT molecular complexity index is 827. The lowest BCUT2D eigenvalue weighted by Crippen LogP contribution is -2.63. The van der Waals surface area contributed by atoms with Gasteiger partial charge in [0, 0.05) is 22.9 Å². The van der Waals surface area contributed by atoms with Gasteiger partial charge in [0.05, 0.1) is 6.54 Å². The van der Waals surface area contributed by atoms with Crippen molar-refractivity contribution in [3.8, 4) is 0 Å². The van der Waals surface area contributed by atoms with Gasteiger partial charge in [0.25, 0.3) is 5.91 Å². The largest absolute Gasteiger partial charge is 0.351 e. The second-order valence-corrected chi connectivity index (χ2v) is 8.92. The van der Waals surface area contributed by atoms with Crippen molar-refractivity contribution in [3.05, 3.63) is 57.8 Å². The third-order valence-electron chi connectivity index (χ3n) is 5.95. The van der Waals surface area contributed by atoms with E-state index < -0.39 is 5.54 Å². The summed E-state index contributed by atoms with van der Waals surface area (Å²) in [6.45, 7) is 2.39.